The first-order chi connectivity index (χ1) is 14.1. The van der Waals surface area contributed by atoms with E-state index in [1.54, 1.807) is 11.0 Å². The highest BCUT2D eigenvalue weighted by atomic mass is 16.5. The number of hydrogen-bond acceptors (Lipinski definition) is 4. The van der Waals surface area contributed by atoms with Crippen molar-refractivity contribution in [3.05, 3.63) is 59.7 Å². The van der Waals surface area contributed by atoms with Crippen LogP contribution in [0.3, 0.4) is 0 Å². The van der Waals surface area contributed by atoms with Crippen molar-refractivity contribution in [2.24, 2.45) is 0 Å². The number of rotatable bonds is 5. The lowest BCUT2D eigenvalue weighted by molar-refractivity contribution is -0.128. The normalized spacial score (nSPS) is 18.8. The smallest absolute Gasteiger partial charge is 0.263 e. The summed E-state index contributed by atoms with van der Waals surface area (Å²) in [5, 5.41) is 3.00. The summed E-state index contributed by atoms with van der Waals surface area (Å²) in [4.78, 5) is 28.9. The van der Waals surface area contributed by atoms with Crippen molar-refractivity contribution in [3.8, 4) is 5.75 Å². The molecule has 2 aromatic rings. The molecule has 1 atom stereocenters. The number of ether oxygens (including phenoxy) is 1. The molecule has 2 aromatic carbocycles. The Hall–Kier alpha value is -2.86. The van der Waals surface area contributed by atoms with Gasteiger partial charge in [-0.25, -0.2) is 0 Å². The van der Waals surface area contributed by atoms with E-state index in [1.807, 2.05) is 30.3 Å². The van der Waals surface area contributed by atoms with Crippen molar-refractivity contribution in [1.82, 2.24) is 10.2 Å². The second-order valence-corrected chi connectivity index (χ2v) is 7.67. The molecule has 2 heterocycles. The van der Waals surface area contributed by atoms with Gasteiger partial charge in [0.05, 0.1) is 12.2 Å². The average Bonchev–Trinajstić information content (AvgIpc) is 3.25. The van der Waals surface area contributed by atoms with Gasteiger partial charge in [-0.05, 0) is 49.2 Å². The number of benzene rings is 2. The molecule has 0 spiro atoms. The van der Waals surface area contributed by atoms with Crippen molar-refractivity contribution >= 4 is 17.5 Å². The molecule has 1 saturated heterocycles. The summed E-state index contributed by atoms with van der Waals surface area (Å²) in [6.07, 6.45) is 1.79. The summed E-state index contributed by atoms with van der Waals surface area (Å²) in [5.41, 5.74) is 3.07. The Balaban J connectivity index is 1.42. The molecule has 1 fully saturated rings. The molecule has 0 unspecified atom stereocenters. The fourth-order valence-corrected chi connectivity index (χ4v) is 4.03. The van der Waals surface area contributed by atoms with Crippen LogP contribution in [-0.2, 0) is 22.7 Å². The third kappa shape index (κ3) is 4.43. The van der Waals surface area contributed by atoms with Crippen LogP contribution in [0.5, 0.6) is 5.75 Å². The molecule has 29 heavy (non-hydrogen) atoms. The molecular formula is C23H27N3O3. The van der Waals surface area contributed by atoms with Crippen LogP contribution >= 0.6 is 0 Å². The van der Waals surface area contributed by atoms with E-state index in [2.05, 4.69) is 22.3 Å². The highest BCUT2D eigenvalue weighted by Crippen LogP contribution is 2.33. The molecule has 1 N–H and O–H groups in total. The molecule has 0 saturated carbocycles. The Morgan fingerprint density at radius 2 is 1.72 bits per heavy atom. The minimum Gasteiger partial charge on any atom is -0.477 e. The number of carbonyl (C=O) groups excluding carboxylic acids is 2. The second-order valence-electron chi connectivity index (χ2n) is 7.67. The number of hydrogen-bond donors (Lipinski definition) is 1. The number of para-hydroxylation sites is 2. The summed E-state index contributed by atoms with van der Waals surface area (Å²) in [7, 11) is 0. The Kier molecular flexibility index (Phi) is 5.81. The first kappa shape index (κ1) is 19.5. The van der Waals surface area contributed by atoms with Crippen molar-refractivity contribution in [2.75, 3.05) is 24.5 Å². The Labute approximate surface area is 171 Å². The van der Waals surface area contributed by atoms with Gasteiger partial charge in [0.25, 0.3) is 5.91 Å². The first-order valence-corrected chi connectivity index (χ1v) is 10.2. The van der Waals surface area contributed by atoms with Crippen LogP contribution in [-0.4, -0.2) is 42.5 Å². The molecule has 6 heteroatoms. The minimum absolute atomic E-state index is 0.102. The van der Waals surface area contributed by atoms with Crippen LogP contribution in [0.1, 0.15) is 30.9 Å². The van der Waals surface area contributed by atoms with E-state index < -0.39 is 6.10 Å². The van der Waals surface area contributed by atoms with E-state index in [4.69, 9.17) is 4.74 Å². The fraction of sp³-hybridized carbons (Fsp3) is 0.391. The SMILES string of the molecule is CC(=O)N1C[C@@H](C(=O)NCc2ccccc2CN2CCCC2)Oc2ccccc21. The van der Waals surface area contributed by atoms with Gasteiger partial charge < -0.3 is 15.0 Å². The van der Waals surface area contributed by atoms with Crippen LogP contribution in [0.25, 0.3) is 0 Å². The maximum Gasteiger partial charge on any atom is 0.263 e. The highest BCUT2D eigenvalue weighted by molar-refractivity contribution is 5.95. The molecule has 6 nitrogen and oxygen atoms in total. The maximum absolute atomic E-state index is 12.8. The lowest BCUT2D eigenvalue weighted by Crippen LogP contribution is -2.50. The summed E-state index contributed by atoms with van der Waals surface area (Å²) < 4.78 is 5.89. The van der Waals surface area contributed by atoms with Gasteiger partial charge in [0.2, 0.25) is 5.91 Å². The number of amides is 2. The predicted molar refractivity (Wildman–Crippen MR) is 112 cm³/mol. The molecular weight excluding hydrogens is 366 g/mol. The summed E-state index contributed by atoms with van der Waals surface area (Å²) >= 11 is 0. The van der Waals surface area contributed by atoms with Gasteiger partial charge in [0.1, 0.15) is 5.75 Å². The molecule has 2 aliphatic heterocycles. The van der Waals surface area contributed by atoms with Crippen molar-refractivity contribution in [1.29, 1.82) is 0 Å². The number of nitrogens with one attached hydrogen (secondary N) is 1. The lowest BCUT2D eigenvalue weighted by atomic mass is 10.1. The average molecular weight is 393 g/mol. The molecule has 0 radical (unpaired) electrons. The largest absolute Gasteiger partial charge is 0.477 e. The van der Waals surface area contributed by atoms with Crippen LogP contribution in [0.2, 0.25) is 0 Å². The van der Waals surface area contributed by atoms with Gasteiger partial charge in [0.15, 0.2) is 6.10 Å². The van der Waals surface area contributed by atoms with Crippen LogP contribution in [0.4, 0.5) is 5.69 Å². The number of carbonyl (C=O) groups is 2. The zero-order valence-corrected chi connectivity index (χ0v) is 16.8. The van der Waals surface area contributed by atoms with Crippen molar-refractivity contribution in [3.63, 3.8) is 0 Å². The Morgan fingerprint density at radius 3 is 2.48 bits per heavy atom. The Morgan fingerprint density at radius 1 is 1.03 bits per heavy atom. The second kappa shape index (κ2) is 8.66. The van der Waals surface area contributed by atoms with Gasteiger partial charge in [0, 0.05) is 20.0 Å². The fourth-order valence-electron chi connectivity index (χ4n) is 4.03. The standard InChI is InChI=1S/C23H27N3O3/c1-17(27)26-16-22(29-21-11-5-4-10-20(21)26)23(28)24-14-18-8-2-3-9-19(18)15-25-12-6-7-13-25/h2-5,8-11,22H,6-7,12-16H2,1H3,(H,24,28)/t22-/m0/s1. The van der Waals surface area contributed by atoms with E-state index in [9.17, 15) is 9.59 Å². The van der Waals surface area contributed by atoms with Gasteiger partial charge in [-0.2, -0.15) is 0 Å². The molecule has 2 aliphatic rings. The van der Waals surface area contributed by atoms with Crippen LogP contribution in [0.15, 0.2) is 48.5 Å². The van der Waals surface area contributed by atoms with E-state index >= 15 is 0 Å². The first-order valence-electron chi connectivity index (χ1n) is 10.2. The summed E-state index contributed by atoms with van der Waals surface area (Å²) in [5.74, 6) is 0.250. The van der Waals surface area contributed by atoms with E-state index in [-0.39, 0.29) is 18.4 Å². The third-order valence-corrected chi connectivity index (χ3v) is 5.61. The van der Waals surface area contributed by atoms with E-state index in [0.717, 1.165) is 25.2 Å². The zero-order valence-electron chi connectivity index (χ0n) is 16.8. The van der Waals surface area contributed by atoms with Crippen molar-refractivity contribution < 1.29 is 14.3 Å². The molecule has 0 aliphatic carbocycles. The van der Waals surface area contributed by atoms with Gasteiger partial charge in [-0.3, -0.25) is 14.5 Å². The minimum atomic E-state index is -0.723. The molecule has 0 aromatic heterocycles. The lowest BCUT2D eigenvalue weighted by Gasteiger charge is -2.33. The van der Waals surface area contributed by atoms with E-state index in [0.29, 0.717) is 18.0 Å². The molecule has 2 amide bonds. The number of nitrogens with zero attached hydrogens (tertiary/aromatic N) is 2. The molecule has 0 bridgehead atoms. The van der Waals surface area contributed by atoms with Gasteiger partial charge in [-0.1, -0.05) is 36.4 Å². The summed E-state index contributed by atoms with van der Waals surface area (Å²) in [6.45, 7) is 5.36. The van der Waals surface area contributed by atoms with Gasteiger partial charge in [-0.15, -0.1) is 0 Å². The molecule has 152 valence electrons. The van der Waals surface area contributed by atoms with Crippen LogP contribution in [0, 0.1) is 0 Å². The quantitative estimate of drug-likeness (QED) is 0.849. The number of fused-ring (bicyclic) bond motifs is 1. The maximum atomic E-state index is 12.8. The van der Waals surface area contributed by atoms with Crippen molar-refractivity contribution in [2.45, 2.75) is 39.0 Å². The topological polar surface area (TPSA) is 61.9 Å². The number of likely N-dealkylation sites (tertiary alicyclic amines) is 1. The molecule has 4 rings (SSSR count). The highest BCUT2D eigenvalue weighted by Gasteiger charge is 2.32. The summed E-state index contributed by atoms with van der Waals surface area (Å²) in [6, 6.07) is 15.6. The van der Waals surface area contributed by atoms with Crippen LogP contribution < -0.4 is 15.0 Å². The predicted octanol–water partition coefficient (Wildman–Crippen LogP) is 2.71. The number of anilines is 1. The third-order valence-electron chi connectivity index (χ3n) is 5.61. The Bertz CT molecular complexity index is 892. The zero-order chi connectivity index (χ0) is 20.2. The monoisotopic (exact) mass is 393 g/mol. The van der Waals surface area contributed by atoms with Gasteiger partial charge >= 0.3 is 0 Å². The van der Waals surface area contributed by atoms with E-state index in [1.165, 1.54) is 25.3 Å².